The molecule has 6 heteroatoms. The fourth-order valence-corrected chi connectivity index (χ4v) is 2.09. The van der Waals surface area contributed by atoms with E-state index in [-0.39, 0.29) is 18.9 Å². The van der Waals surface area contributed by atoms with Crippen LogP contribution in [0.1, 0.15) is 46.5 Å². The molecule has 6 nitrogen and oxygen atoms in total. The molecule has 124 valence electrons. The zero-order valence-electron chi connectivity index (χ0n) is 13.2. The number of ether oxygens (including phenoxy) is 1. The Hall–Kier alpha value is -0.950. The molecule has 0 fully saturated rings. The van der Waals surface area contributed by atoms with E-state index < -0.39 is 24.5 Å². The molecule has 0 aromatic rings. The van der Waals surface area contributed by atoms with Gasteiger partial charge in [-0.05, 0) is 32.1 Å². The van der Waals surface area contributed by atoms with Crippen LogP contribution < -0.4 is 5.32 Å². The number of hydrogen-bond donors (Lipinski definition) is 4. The zero-order chi connectivity index (χ0) is 16.3. The molecule has 0 aromatic heterocycles. The van der Waals surface area contributed by atoms with Crippen LogP contribution in [0.5, 0.6) is 0 Å². The Bertz CT molecular complexity index is 306. The number of hydrogen-bond acceptors (Lipinski definition) is 6. The number of carbonyl (C=O) groups is 1. The van der Waals surface area contributed by atoms with E-state index in [1.165, 1.54) is 0 Å². The molecule has 3 atom stereocenters. The number of aliphatic hydroxyl groups excluding tert-OH is 2. The van der Waals surface area contributed by atoms with Crippen LogP contribution in [0.15, 0.2) is 12.2 Å². The second-order valence-corrected chi connectivity index (χ2v) is 5.18. The van der Waals surface area contributed by atoms with Crippen LogP contribution >= 0.6 is 0 Å². The third-order valence-corrected chi connectivity index (χ3v) is 3.11. The molecule has 3 unspecified atom stereocenters. The lowest BCUT2D eigenvalue weighted by molar-refractivity contribution is -0.147. The van der Waals surface area contributed by atoms with Gasteiger partial charge >= 0.3 is 5.97 Å². The van der Waals surface area contributed by atoms with Crippen LogP contribution in [0, 0.1) is 5.92 Å². The van der Waals surface area contributed by atoms with Crippen molar-refractivity contribution >= 4 is 5.97 Å². The molecule has 0 radical (unpaired) electrons. The minimum atomic E-state index is -1.73. The molecule has 21 heavy (non-hydrogen) atoms. The van der Waals surface area contributed by atoms with Crippen molar-refractivity contribution in [3.05, 3.63) is 12.2 Å². The highest BCUT2D eigenvalue weighted by Crippen LogP contribution is 2.16. The fourth-order valence-electron chi connectivity index (χ4n) is 2.09. The summed E-state index contributed by atoms with van der Waals surface area (Å²) in [5.74, 6) is -0.261. The van der Waals surface area contributed by atoms with E-state index in [2.05, 4.69) is 24.4 Å². The van der Waals surface area contributed by atoms with E-state index >= 15 is 0 Å². The van der Waals surface area contributed by atoms with Crippen molar-refractivity contribution in [3.8, 4) is 0 Å². The summed E-state index contributed by atoms with van der Waals surface area (Å²) in [6, 6.07) is -0.584. The van der Waals surface area contributed by atoms with Gasteiger partial charge in [-0.25, -0.2) is 0 Å². The average Bonchev–Trinajstić information content (AvgIpc) is 2.37. The topological polar surface area (TPSA) is 99.0 Å². The van der Waals surface area contributed by atoms with Crippen molar-refractivity contribution in [2.45, 2.75) is 65.0 Å². The van der Waals surface area contributed by atoms with Gasteiger partial charge in [-0.1, -0.05) is 26.0 Å². The molecule has 4 N–H and O–H groups in total. The smallest absolute Gasteiger partial charge is 0.308 e. The number of nitrogens with one attached hydrogen (secondary N) is 1. The monoisotopic (exact) mass is 303 g/mol. The first-order valence-electron chi connectivity index (χ1n) is 7.51. The minimum absolute atomic E-state index is 0.171. The Kier molecular flexibility index (Phi) is 11.2. The summed E-state index contributed by atoms with van der Waals surface area (Å²) in [7, 11) is 0. The number of allylic oxidation sites excluding steroid dienone is 2. The fraction of sp³-hybridized carbons (Fsp3) is 0.800. The van der Waals surface area contributed by atoms with Crippen LogP contribution in [-0.2, 0) is 9.53 Å². The van der Waals surface area contributed by atoms with Gasteiger partial charge < -0.3 is 20.1 Å². The van der Waals surface area contributed by atoms with Gasteiger partial charge in [0.2, 0.25) is 6.41 Å². The molecule has 0 aliphatic rings. The average molecular weight is 303 g/mol. The maximum Gasteiger partial charge on any atom is 0.308 e. The molecule has 0 heterocycles. The van der Waals surface area contributed by atoms with Crippen LogP contribution in [0.2, 0.25) is 0 Å². The highest BCUT2D eigenvalue weighted by Gasteiger charge is 2.25. The molecule has 0 spiro atoms. The molecule has 0 aromatic carbocycles. The predicted molar refractivity (Wildman–Crippen MR) is 80.2 cm³/mol. The van der Waals surface area contributed by atoms with Gasteiger partial charge in [-0.3, -0.25) is 10.1 Å². The summed E-state index contributed by atoms with van der Waals surface area (Å²) >= 11 is 0. The summed E-state index contributed by atoms with van der Waals surface area (Å²) < 4.78 is 4.79. The number of esters is 1. The molecule has 0 saturated carbocycles. The van der Waals surface area contributed by atoms with E-state index in [0.29, 0.717) is 6.42 Å². The second-order valence-electron chi connectivity index (χ2n) is 5.18. The Balaban J connectivity index is 4.48. The molecule has 0 saturated heterocycles. The molecular formula is C15H29NO5. The minimum Gasteiger partial charge on any atom is -0.466 e. The van der Waals surface area contributed by atoms with E-state index in [1.54, 1.807) is 6.92 Å². The first-order chi connectivity index (χ1) is 9.90. The van der Waals surface area contributed by atoms with E-state index in [0.717, 1.165) is 12.8 Å². The maximum absolute atomic E-state index is 11.4. The Morgan fingerprint density at radius 2 is 1.90 bits per heavy atom. The third kappa shape index (κ3) is 10.4. The second kappa shape index (κ2) is 11.7. The number of rotatable bonds is 11. The van der Waals surface area contributed by atoms with Gasteiger partial charge in [0.1, 0.15) is 0 Å². The summed E-state index contributed by atoms with van der Waals surface area (Å²) in [4.78, 5) is 11.4. The SMILES string of the molecule is CCC=CCC(C)CC(NC(O)O)C(O)CC(=O)OCC. The van der Waals surface area contributed by atoms with E-state index in [1.807, 2.05) is 6.92 Å². The van der Waals surface area contributed by atoms with E-state index in [9.17, 15) is 9.90 Å². The Morgan fingerprint density at radius 1 is 1.24 bits per heavy atom. The van der Waals surface area contributed by atoms with Crippen molar-refractivity contribution in [1.82, 2.24) is 5.32 Å². The zero-order valence-corrected chi connectivity index (χ0v) is 13.2. The maximum atomic E-state index is 11.4. The standard InChI is InChI=1S/C15H29NO5/c1-4-6-7-8-11(3)9-12(16-15(19)20)13(17)10-14(18)21-5-2/h6-7,11-13,15-17,19-20H,4-5,8-10H2,1-3H3. The lowest BCUT2D eigenvalue weighted by Crippen LogP contribution is -2.47. The van der Waals surface area contributed by atoms with E-state index in [4.69, 9.17) is 14.9 Å². The van der Waals surface area contributed by atoms with Crippen LogP contribution in [0.3, 0.4) is 0 Å². The van der Waals surface area contributed by atoms with Crippen molar-refractivity contribution in [2.75, 3.05) is 6.61 Å². The van der Waals surface area contributed by atoms with Gasteiger partial charge in [0, 0.05) is 6.04 Å². The van der Waals surface area contributed by atoms with Gasteiger partial charge in [-0.15, -0.1) is 0 Å². The van der Waals surface area contributed by atoms with Gasteiger partial charge in [0.25, 0.3) is 0 Å². The predicted octanol–water partition coefficient (Wildman–Crippen LogP) is 0.909. The van der Waals surface area contributed by atoms with Crippen molar-refractivity contribution in [2.24, 2.45) is 5.92 Å². The lowest BCUT2D eigenvalue weighted by atomic mass is 9.93. The molecule has 0 amide bonds. The van der Waals surface area contributed by atoms with Crippen molar-refractivity contribution in [1.29, 1.82) is 0 Å². The van der Waals surface area contributed by atoms with Crippen LogP contribution in [-0.4, -0.2) is 46.5 Å². The first kappa shape index (κ1) is 20.1. The third-order valence-electron chi connectivity index (χ3n) is 3.11. The molecule has 0 aliphatic heterocycles. The summed E-state index contributed by atoms with van der Waals surface area (Å²) in [5.41, 5.74) is 0. The Labute approximate surface area is 126 Å². The normalized spacial score (nSPS) is 16.1. The highest BCUT2D eigenvalue weighted by atomic mass is 16.5. The molecule has 0 bridgehead atoms. The summed E-state index contributed by atoms with van der Waals surface area (Å²) in [6.45, 7) is 6.01. The largest absolute Gasteiger partial charge is 0.466 e. The van der Waals surface area contributed by atoms with Gasteiger partial charge in [0.15, 0.2) is 0 Å². The molecule has 0 aliphatic carbocycles. The first-order valence-corrected chi connectivity index (χ1v) is 7.51. The Morgan fingerprint density at radius 3 is 2.43 bits per heavy atom. The number of aliphatic hydroxyl groups is 3. The number of carbonyl (C=O) groups excluding carboxylic acids is 1. The van der Waals surface area contributed by atoms with Crippen LogP contribution in [0.4, 0.5) is 0 Å². The summed E-state index contributed by atoms with van der Waals surface area (Å²) in [5, 5.41) is 30.6. The highest BCUT2D eigenvalue weighted by molar-refractivity contribution is 5.70. The van der Waals surface area contributed by atoms with Gasteiger partial charge in [-0.2, -0.15) is 0 Å². The molecular weight excluding hydrogens is 274 g/mol. The van der Waals surface area contributed by atoms with Gasteiger partial charge in [0.05, 0.1) is 19.1 Å². The molecule has 0 rings (SSSR count). The van der Waals surface area contributed by atoms with Crippen molar-refractivity contribution < 1.29 is 24.9 Å². The quantitative estimate of drug-likeness (QED) is 0.257. The van der Waals surface area contributed by atoms with Crippen molar-refractivity contribution in [3.63, 3.8) is 0 Å². The van der Waals surface area contributed by atoms with Crippen LogP contribution in [0.25, 0.3) is 0 Å². The summed E-state index contributed by atoms with van der Waals surface area (Å²) in [6.07, 6.45) is 3.52. The lowest BCUT2D eigenvalue weighted by Gasteiger charge is -2.27.